The minimum atomic E-state index is -4.66. The highest BCUT2D eigenvalue weighted by Gasteiger charge is 2.35. The van der Waals surface area contributed by atoms with Gasteiger partial charge >= 0.3 is 6.18 Å². The largest absolute Gasteiger partial charge is 0.421 e. The number of aromatic nitrogens is 2. The first-order chi connectivity index (χ1) is 15.7. The lowest BCUT2D eigenvalue weighted by Crippen LogP contribution is -2.13. The van der Waals surface area contributed by atoms with Crippen LogP contribution in [0.2, 0.25) is 0 Å². The minimum Gasteiger partial charge on any atom is -0.339 e. The van der Waals surface area contributed by atoms with Crippen LogP contribution >= 0.6 is 0 Å². The normalized spacial score (nSPS) is 11.1. The van der Waals surface area contributed by atoms with Gasteiger partial charge in [-0.15, -0.1) is 0 Å². The molecular weight excluding hydrogens is 431 g/mol. The molecule has 0 unspecified atom stereocenters. The summed E-state index contributed by atoms with van der Waals surface area (Å²) in [6, 6.07) is 12.0. The van der Waals surface area contributed by atoms with Crippen molar-refractivity contribution in [1.29, 1.82) is 0 Å². The molecule has 0 radical (unpaired) electrons. The molecule has 172 valence electrons. The fraction of sp³-hybridized carbons (Fsp3) is 0.208. The molecule has 0 atom stereocenters. The topological polar surface area (TPSA) is 78.9 Å². The lowest BCUT2D eigenvalue weighted by atomic mass is 10.0. The summed E-state index contributed by atoms with van der Waals surface area (Å²) < 4.78 is 40.8. The number of carbonyl (C=O) groups excluding carboxylic acids is 1. The van der Waals surface area contributed by atoms with E-state index in [9.17, 15) is 18.0 Å². The number of aryl methyl sites for hydroxylation is 1. The first-order valence-corrected chi connectivity index (χ1v) is 10.4. The highest BCUT2D eigenvalue weighted by molar-refractivity contribution is 5.99. The van der Waals surface area contributed by atoms with Crippen LogP contribution in [0, 0.1) is 0 Å². The molecule has 3 N–H and O–H groups in total. The van der Waals surface area contributed by atoms with Gasteiger partial charge in [-0.25, -0.2) is 4.98 Å². The summed E-state index contributed by atoms with van der Waals surface area (Å²) in [6.07, 6.45) is -1.23. The molecule has 2 aromatic carbocycles. The maximum Gasteiger partial charge on any atom is 0.421 e. The number of rotatable bonds is 8. The number of carbonyl (C=O) groups is 1. The molecular formula is C24H24F3N5O. The SMILES string of the molecule is C=CC(=O)Nc1cccc(Nc2nc(Nc3cccc(CC)c3CC)ncc2C(F)(F)F)c1. The Hall–Kier alpha value is -3.88. The van der Waals surface area contributed by atoms with Crippen molar-refractivity contribution in [3.05, 3.63) is 78.0 Å². The van der Waals surface area contributed by atoms with E-state index >= 15 is 0 Å². The number of hydrogen-bond donors (Lipinski definition) is 3. The number of nitrogens with one attached hydrogen (secondary N) is 3. The van der Waals surface area contributed by atoms with Gasteiger partial charge in [0.15, 0.2) is 0 Å². The minimum absolute atomic E-state index is 0.0320. The summed E-state index contributed by atoms with van der Waals surface area (Å²) in [4.78, 5) is 19.5. The molecule has 0 aliphatic heterocycles. The summed E-state index contributed by atoms with van der Waals surface area (Å²) in [7, 11) is 0. The van der Waals surface area contributed by atoms with Crippen LogP contribution in [0.5, 0.6) is 0 Å². The van der Waals surface area contributed by atoms with Crippen LogP contribution in [0.15, 0.2) is 61.3 Å². The van der Waals surface area contributed by atoms with Crippen LogP contribution in [0.25, 0.3) is 0 Å². The molecule has 0 aliphatic rings. The van der Waals surface area contributed by atoms with E-state index in [1.807, 2.05) is 32.0 Å². The number of benzene rings is 2. The van der Waals surface area contributed by atoms with Crippen molar-refractivity contribution in [1.82, 2.24) is 9.97 Å². The molecule has 3 rings (SSSR count). The van der Waals surface area contributed by atoms with Gasteiger partial charge in [-0.1, -0.05) is 38.6 Å². The van der Waals surface area contributed by atoms with Crippen molar-refractivity contribution >= 4 is 34.7 Å². The van der Waals surface area contributed by atoms with E-state index in [1.54, 1.807) is 18.2 Å². The van der Waals surface area contributed by atoms with Gasteiger partial charge in [0.25, 0.3) is 0 Å². The van der Waals surface area contributed by atoms with E-state index in [1.165, 1.54) is 6.07 Å². The number of halogens is 3. The average molecular weight is 455 g/mol. The number of nitrogens with zero attached hydrogens (tertiary/aromatic N) is 2. The molecule has 0 saturated heterocycles. The van der Waals surface area contributed by atoms with E-state index in [0.717, 1.165) is 41.9 Å². The molecule has 1 aromatic heterocycles. The molecule has 0 saturated carbocycles. The van der Waals surface area contributed by atoms with Crippen molar-refractivity contribution < 1.29 is 18.0 Å². The predicted octanol–water partition coefficient (Wildman–Crippen LogP) is 6.23. The molecule has 6 nitrogen and oxygen atoms in total. The molecule has 0 bridgehead atoms. The van der Waals surface area contributed by atoms with Gasteiger partial charge < -0.3 is 16.0 Å². The van der Waals surface area contributed by atoms with Crippen molar-refractivity contribution in [2.75, 3.05) is 16.0 Å². The van der Waals surface area contributed by atoms with Gasteiger partial charge in [0.05, 0.1) is 0 Å². The Morgan fingerprint density at radius 3 is 2.45 bits per heavy atom. The summed E-state index contributed by atoms with van der Waals surface area (Å²) in [5, 5.41) is 8.32. The van der Waals surface area contributed by atoms with Gasteiger partial charge in [-0.2, -0.15) is 18.2 Å². The molecule has 33 heavy (non-hydrogen) atoms. The quantitative estimate of drug-likeness (QED) is 0.351. The predicted molar refractivity (Wildman–Crippen MR) is 124 cm³/mol. The molecule has 0 spiro atoms. The zero-order valence-electron chi connectivity index (χ0n) is 18.3. The number of amides is 1. The fourth-order valence-electron chi connectivity index (χ4n) is 3.37. The van der Waals surface area contributed by atoms with Crippen molar-refractivity contribution in [3.63, 3.8) is 0 Å². The Morgan fingerprint density at radius 1 is 1.06 bits per heavy atom. The third-order valence-electron chi connectivity index (χ3n) is 4.93. The van der Waals surface area contributed by atoms with Gasteiger partial charge in [0.2, 0.25) is 11.9 Å². The van der Waals surface area contributed by atoms with Gasteiger partial charge in [-0.3, -0.25) is 4.79 Å². The van der Waals surface area contributed by atoms with Gasteiger partial charge in [0.1, 0.15) is 11.4 Å². The standard InChI is InChI=1S/C24H24F3N5O/c1-4-15-9-7-12-20(18(15)5-2)31-23-28-14-19(24(25,26)27)22(32-23)30-17-11-8-10-16(13-17)29-21(33)6-3/h6-14H,3-5H2,1-2H3,(H,29,33)(H2,28,30,31,32). The monoisotopic (exact) mass is 455 g/mol. The lowest BCUT2D eigenvalue weighted by Gasteiger charge is -2.17. The third kappa shape index (κ3) is 5.88. The van der Waals surface area contributed by atoms with Gasteiger partial charge in [-0.05, 0) is 54.3 Å². The van der Waals surface area contributed by atoms with Crippen LogP contribution in [0.1, 0.15) is 30.5 Å². The maximum atomic E-state index is 13.6. The third-order valence-corrected chi connectivity index (χ3v) is 4.93. The average Bonchev–Trinajstić information content (AvgIpc) is 2.78. The van der Waals surface area contributed by atoms with Gasteiger partial charge in [0, 0.05) is 23.3 Å². The first kappa shape index (κ1) is 23.8. The van der Waals surface area contributed by atoms with Crippen LogP contribution in [0.4, 0.5) is 42.0 Å². The van der Waals surface area contributed by atoms with E-state index < -0.39 is 23.5 Å². The van der Waals surface area contributed by atoms with Crippen LogP contribution in [-0.2, 0) is 23.8 Å². The fourth-order valence-corrected chi connectivity index (χ4v) is 3.37. The highest BCUT2D eigenvalue weighted by Crippen LogP contribution is 2.36. The molecule has 3 aromatic rings. The van der Waals surface area contributed by atoms with Crippen molar-refractivity contribution in [3.8, 4) is 0 Å². The van der Waals surface area contributed by atoms with E-state index in [0.29, 0.717) is 11.4 Å². The molecule has 9 heteroatoms. The number of alkyl halides is 3. The Bertz CT molecular complexity index is 1160. The van der Waals surface area contributed by atoms with Crippen molar-refractivity contribution in [2.45, 2.75) is 32.9 Å². The van der Waals surface area contributed by atoms with E-state index in [4.69, 9.17) is 0 Å². The molecule has 0 fully saturated rings. The van der Waals surface area contributed by atoms with Crippen LogP contribution in [0.3, 0.4) is 0 Å². The summed E-state index contributed by atoms with van der Waals surface area (Å²) in [5.74, 6) is -0.806. The van der Waals surface area contributed by atoms with Crippen LogP contribution < -0.4 is 16.0 Å². The highest BCUT2D eigenvalue weighted by atomic mass is 19.4. The Morgan fingerprint density at radius 2 is 1.79 bits per heavy atom. The van der Waals surface area contributed by atoms with Crippen LogP contribution in [-0.4, -0.2) is 15.9 Å². The second kappa shape index (κ2) is 10.2. The summed E-state index contributed by atoms with van der Waals surface area (Å²) in [5.41, 5.74) is 2.65. The lowest BCUT2D eigenvalue weighted by molar-refractivity contribution is -0.137. The number of hydrogen-bond acceptors (Lipinski definition) is 5. The molecule has 1 amide bonds. The number of anilines is 5. The van der Waals surface area contributed by atoms with Crippen molar-refractivity contribution in [2.24, 2.45) is 0 Å². The van der Waals surface area contributed by atoms with E-state index in [-0.39, 0.29) is 5.95 Å². The first-order valence-electron chi connectivity index (χ1n) is 10.4. The Kier molecular flexibility index (Phi) is 7.32. The van der Waals surface area contributed by atoms with E-state index in [2.05, 4.69) is 32.5 Å². The summed E-state index contributed by atoms with van der Waals surface area (Å²) >= 11 is 0. The smallest absolute Gasteiger partial charge is 0.339 e. The molecule has 1 heterocycles. The molecule has 0 aliphatic carbocycles. The summed E-state index contributed by atoms with van der Waals surface area (Å²) in [6.45, 7) is 7.43. The Labute approximate surface area is 190 Å². The Balaban J connectivity index is 1.96. The maximum absolute atomic E-state index is 13.6. The second-order valence-electron chi connectivity index (χ2n) is 7.13. The second-order valence-corrected chi connectivity index (χ2v) is 7.13. The zero-order chi connectivity index (χ0) is 24.0. The zero-order valence-corrected chi connectivity index (χ0v) is 18.3.